The van der Waals surface area contributed by atoms with Crippen LogP contribution in [0, 0.1) is 5.92 Å². The summed E-state index contributed by atoms with van der Waals surface area (Å²) in [6, 6.07) is 13.3. The first-order valence-corrected chi connectivity index (χ1v) is 13.8. The van der Waals surface area contributed by atoms with E-state index in [1.165, 1.54) is 18.2 Å². The van der Waals surface area contributed by atoms with E-state index in [2.05, 4.69) is 0 Å². The molecule has 0 fully saturated rings. The molecule has 0 amide bonds. The van der Waals surface area contributed by atoms with Crippen molar-refractivity contribution in [3.05, 3.63) is 70.2 Å². The molecule has 0 heterocycles. The number of sulfonamides is 2. The van der Waals surface area contributed by atoms with Crippen LogP contribution in [0.2, 0.25) is 5.02 Å². The number of benzene rings is 2. The number of rotatable bonds is 11. The fraction of sp³-hybridized carbons (Fsp3) is 0.409. The van der Waals surface area contributed by atoms with Crippen LogP contribution in [0.25, 0.3) is 0 Å². The lowest BCUT2D eigenvalue weighted by molar-refractivity contribution is 0.0471. The summed E-state index contributed by atoms with van der Waals surface area (Å²) in [6.45, 7) is 4.22. The number of esters is 1. The van der Waals surface area contributed by atoms with Crippen LogP contribution in [0.15, 0.2) is 48.5 Å². The number of hydrogen-bond acceptors (Lipinski definition) is 6. The van der Waals surface area contributed by atoms with E-state index in [1.807, 2.05) is 6.07 Å². The Bertz CT molecular complexity index is 1180. The molecule has 2 aromatic carbocycles. The second kappa shape index (κ2) is 10.9. The van der Waals surface area contributed by atoms with Crippen LogP contribution in [-0.4, -0.2) is 40.0 Å². The van der Waals surface area contributed by atoms with Crippen LogP contribution in [0.4, 0.5) is 4.39 Å². The van der Waals surface area contributed by atoms with Gasteiger partial charge in [-0.15, -0.1) is 4.13 Å². The number of hydrogen-bond donors (Lipinski definition) is 1. The Balaban J connectivity index is 2.18. The van der Waals surface area contributed by atoms with Crippen molar-refractivity contribution in [2.75, 3.05) is 11.5 Å². The molecule has 2 rings (SSSR count). The molecule has 0 aliphatic heterocycles. The monoisotopic (exact) mass is 519 g/mol. The fourth-order valence-corrected chi connectivity index (χ4v) is 7.38. The van der Waals surface area contributed by atoms with Crippen LogP contribution in [0.3, 0.4) is 0 Å². The normalized spacial score (nSPS) is 14.1. The van der Waals surface area contributed by atoms with Crippen molar-refractivity contribution < 1.29 is 30.8 Å². The second-order valence-electron chi connectivity index (χ2n) is 8.44. The minimum absolute atomic E-state index is 0.0246. The number of alkyl halides is 1. The molecular formula is C22H27ClFNO6S2. The van der Waals surface area contributed by atoms with Gasteiger partial charge >= 0.3 is 5.97 Å². The maximum Gasteiger partial charge on any atom is 0.340 e. The Morgan fingerprint density at radius 3 is 2.30 bits per heavy atom. The summed E-state index contributed by atoms with van der Waals surface area (Å²) < 4.78 is 70.8. The highest BCUT2D eigenvalue weighted by atomic mass is 35.5. The predicted octanol–water partition coefficient (Wildman–Crippen LogP) is 3.87. The standard InChI is InChI=1S/C22H27ClFNO6S2/c1-16(2)14-32(27,28)25-33(29,30)15-22(3,24)12-18-10-7-11-19(23)20(18)21(26)31-13-17-8-5-4-6-9-17/h4-11,16,25H,12-15H2,1-3H3. The molecule has 0 saturated carbocycles. The lowest BCUT2D eigenvalue weighted by atomic mass is 9.96. The number of nitrogens with one attached hydrogen (secondary N) is 1. The summed E-state index contributed by atoms with van der Waals surface area (Å²) in [6.07, 6.45) is -0.505. The summed E-state index contributed by atoms with van der Waals surface area (Å²) in [7, 11) is -8.66. The van der Waals surface area contributed by atoms with Gasteiger partial charge in [-0.3, -0.25) is 0 Å². The molecule has 1 N–H and O–H groups in total. The molecule has 2 aromatic rings. The van der Waals surface area contributed by atoms with Crippen LogP contribution < -0.4 is 4.13 Å². The van der Waals surface area contributed by atoms with Crippen LogP contribution in [0.1, 0.15) is 42.3 Å². The molecule has 0 radical (unpaired) electrons. The Morgan fingerprint density at radius 1 is 1.06 bits per heavy atom. The molecule has 0 aromatic heterocycles. The summed E-state index contributed by atoms with van der Waals surface area (Å²) in [5.41, 5.74) is -1.59. The van der Waals surface area contributed by atoms with E-state index in [0.717, 1.165) is 12.5 Å². The van der Waals surface area contributed by atoms with E-state index in [4.69, 9.17) is 16.3 Å². The first-order valence-electron chi connectivity index (χ1n) is 10.1. The lowest BCUT2D eigenvalue weighted by Crippen LogP contribution is -2.42. The van der Waals surface area contributed by atoms with E-state index >= 15 is 4.39 Å². The van der Waals surface area contributed by atoms with Gasteiger partial charge in [-0.2, -0.15) is 0 Å². The van der Waals surface area contributed by atoms with Crippen molar-refractivity contribution in [3.63, 3.8) is 0 Å². The van der Waals surface area contributed by atoms with Gasteiger partial charge in [-0.05, 0) is 30.0 Å². The maximum atomic E-state index is 15.3. The van der Waals surface area contributed by atoms with Crippen LogP contribution in [0.5, 0.6) is 0 Å². The Labute approximate surface area is 199 Å². The summed E-state index contributed by atoms with van der Waals surface area (Å²) in [5.74, 6) is -2.63. The molecule has 33 heavy (non-hydrogen) atoms. The molecule has 182 valence electrons. The van der Waals surface area contributed by atoms with E-state index in [-0.39, 0.29) is 28.7 Å². The van der Waals surface area contributed by atoms with Gasteiger partial charge in [0.1, 0.15) is 12.3 Å². The van der Waals surface area contributed by atoms with Gasteiger partial charge < -0.3 is 4.74 Å². The molecular weight excluding hydrogens is 493 g/mol. The van der Waals surface area contributed by atoms with Crippen LogP contribution >= 0.6 is 11.6 Å². The Morgan fingerprint density at radius 2 is 1.70 bits per heavy atom. The third kappa shape index (κ3) is 9.04. The summed E-state index contributed by atoms with van der Waals surface area (Å²) in [5, 5.41) is 0.0295. The van der Waals surface area contributed by atoms with E-state index in [0.29, 0.717) is 0 Å². The van der Waals surface area contributed by atoms with Crippen LogP contribution in [-0.2, 0) is 37.8 Å². The third-order valence-electron chi connectivity index (χ3n) is 4.37. The molecule has 0 bridgehead atoms. The second-order valence-corrected chi connectivity index (χ2v) is 12.6. The largest absolute Gasteiger partial charge is 0.457 e. The van der Waals surface area contributed by atoms with Crippen molar-refractivity contribution in [1.82, 2.24) is 4.13 Å². The fourth-order valence-electron chi connectivity index (χ4n) is 3.28. The van der Waals surface area contributed by atoms with E-state index in [9.17, 15) is 21.6 Å². The zero-order valence-corrected chi connectivity index (χ0v) is 20.9. The number of ether oxygens (including phenoxy) is 1. The highest BCUT2D eigenvalue weighted by Crippen LogP contribution is 2.27. The molecule has 1 atom stereocenters. The van der Waals surface area contributed by atoms with Crippen molar-refractivity contribution >= 4 is 37.6 Å². The Hall–Kier alpha value is -2.01. The third-order valence-corrected chi connectivity index (χ3v) is 8.81. The number of halogens is 2. The quantitative estimate of drug-likeness (QED) is 0.452. The van der Waals surface area contributed by atoms with E-state index in [1.54, 1.807) is 42.2 Å². The van der Waals surface area contributed by atoms with E-state index < -0.39 is 49.6 Å². The smallest absolute Gasteiger partial charge is 0.340 e. The van der Waals surface area contributed by atoms with Gasteiger partial charge in [0.2, 0.25) is 20.0 Å². The number of carbonyl (C=O) groups excluding carboxylic acids is 1. The summed E-state index contributed by atoms with van der Waals surface area (Å²) in [4.78, 5) is 12.7. The average molecular weight is 520 g/mol. The SMILES string of the molecule is CC(C)CS(=O)(=O)NS(=O)(=O)CC(C)(F)Cc1cccc(Cl)c1C(=O)OCc1ccccc1. The predicted molar refractivity (Wildman–Crippen MR) is 126 cm³/mol. The van der Waals surface area contributed by atoms with Crippen molar-refractivity contribution in [2.45, 2.75) is 39.5 Å². The minimum Gasteiger partial charge on any atom is -0.457 e. The molecule has 7 nitrogen and oxygen atoms in total. The molecule has 11 heteroatoms. The highest BCUT2D eigenvalue weighted by Gasteiger charge is 2.35. The van der Waals surface area contributed by atoms with Gasteiger partial charge in [-0.25, -0.2) is 26.0 Å². The first-order chi connectivity index (χ1) is 15.2. The lowest BCUT2D eigenvalue weighted by Gasteiger charge is -2.22. The van der Waals surface area contributed by atoms with Crippen molar-refractivity contribution in [2.24, 2.45) is 5.92 Å². The van der Waals surface area contributed by atoms with Crippen molar-refractivity contribution in [1.29, 1.82) is 0 Å². The van der Waals surface area contributed by atoms with Gasteiger partial charge in [0.05, 0.1) is 22.1 Å². The molecule has 0 aliphatic carbocycles. The molecule has 0 aliphatic rings. The molecule has 0 spiro atoms. The summed E-state index contributed by atoms with van der Waals surface area (Å²) >= 11 is 6.17. The van der Waals surface area contributed by atoms with Gasteiger partial charge in [-0.1, -0.05) is 67.9 Å². The minimum atomic E-state index is -4.51. The zero-order valence-electron chi connectivity index (χ0n) is 18.5. The number of carbonyl (C=O) groups is 1. The first kappa shape index (κ1) is 27.2. The Kier molecular flexibility index (Phi) is 9.03. The zero-order chi connectivity index (χ0) is 24.9. The van der Waals surface area contributed by atoms with Gasteiger partial charge in [0, 0.05) is 6.42 Å². The van der Waals surface area contributed by atoms with Gasteiger partial charge in [0.25, 0.3) is 0 Å². The maximum absolute atomic E-state index is 15.3. The van der Waals surface area contributed by atoms with Crippen molar-refractivity contribution in [3.8, 4) is 0 Å². The van der Waals surface area contributed by atoms with Gasteiger partial charge in [0.15, 0.2) is 0 Å². The topological polar surface area (TPSA) is 107 Å². The highest BCUT2D eigenvalue weighted by molar-refractivity contribution is 8.04. The average Bonchev–Trinajstić information content (AvgIpc) is 2.63. The molecule has 1 unspecified atom stereocenters. The molecule has 0 saturated heterocycles.